The zero-order valence-corrected chi connectivity index (χ0v) is 14.1. The van der Waals surface area contributed by atoms with Gasteiger partial charge >= 0.3 is 6.01 Å². The lowest BCUT2D eigenvalue weighted by Gasteiger charge is -2.23. The molecule has 124 valence electrons. The van der Waals surface area contributed by atoms with Gasteiger partial charge in [-0.3, -0.25) is 0 Å². The van der Waals surface area contributed by atoms with Crippen molar-refractivity contribution in [1.29, 1.82) is 0 Å². The predicted molar refractivity (Wildman–Crippen MR) is 88.5 cm³/mol. The Hall–Kier alpha value is -2.61. The van der Waals surface area contributed by atoms with Crippen LogP contribution in [0.5, 0.6) is 11.5 Å². The molecule has 1 atom stereocenters. The van der Waals surface area contributed by atoms with Gasteiger partial charge in [0.1, 0.15) is 6.61 Å². The Kier molecular flexibility index (Phi) is 3.81. The molecule has 0 amide bonds. The van der Waals surface area contributed by atoms with Gasteiger partial charge in [0.15, 0.2) is 11.5 Å². The summed E-state index contributed by atoms with van der Waals surface area (Å²) in [5.41, 5.74) is 1.02. The first-order valence-corrected chi connectivity index (χ1v) is 8.39. The molecule has 0 unspecified atom stereocenters. The van der Waals surface area contributed by atoms with E-state index in [4.69, 9.17) is 13.9 Å². The Labute approximate surface area is 142 Å². The average molecular weight is 344 g/mol. The number of rotatable bonds is 4. The predicted octanol–water partition coefficient (Wildman–Crippen LogP) is 3.27. The van der Waals surface area contributed by atoms with Crippen LogP contribution < -0.4 is 14.8 Å². The summed E-state index contributed by atoms with van der Waals surface area (Å²) in [6.45, 7) is 4.92. The lowest BCUT2D eigenvalue weighted by Crippen LogP contribution is -2.21. The van der Waals surface area contributed by atoms with Crippen LogP contribution in [0.4, 0.5) is 6.01 Å². The van der Waals surface area contributed by atoms with E-state index in [0.29, 0.717) is 30.8 Å². The van der Waals surface area contributed by atoms with Crippen molar-refractivity contribution < 1.29 is 13.9 Å². The van der Waals surface area contributed by atoms with E-state index in [2.05, 4.69) is 20.5 Å². The Morgan fingerprint density at radius 1 is 1.21 bits per heavy atom. The topological polar surface area (TPSA) is 82.3 Å². The van der Waals surface area contributed by atoms with Crippen LogP contribution in [0.3, 0.4) is 0 Å². The third kappa shape index (κ3) is 2.92. The molecule has 1 aromatic carbocycles. The number of nitrogens with zero attached hydrogens (tertiary/aromatic N) is 3. The van der Waals surface area contributed by atoms with E-state index in [0.717, 1.165) is 21.3 Å². The quantitative estimate of drug-likeness (QED) is 0.778. The van der Waals surface area contributed by atoms with Crippen LogP contribution >= 0.6 is 11.3 Å². The van der Waals surface area contributed by atoms with Crippen molar-refractivity contribution in [1.82, 2.24) is 15.2 Å². The van der Waals surface area contributed by atoms with Gasteiger partial charge in [-0.25, -0.2) is 4.98 Å². The molecule has 0 radical (unpaired) electrons. The summed E-state index contributed by atoms with van der Waals surface area (Å²) in [6, 6.07) is 7.88. The Morgan fingerprint density at radius 3 is 2.83 bits per heavy atom. The highest BCUT2D eigenvalue weighted by Crippen LogP contribution is 2.35. The molecular formula is C16H16N4O3S. The number of benzene rings is 1. The highest BCUT2D eigenvalue weighted by molar-refractivity contribution is 7.11. The van der Waals surface area contributed by atoms with Crippen LogP contribution in [0.1, 0.15) is 27.6 Å². The zero-order chi connectivity index (χ0) is 16.5. The first kappa shape index (κ1) is 14.9. The number of thiazole rings is 1. The summed E-state index contributed by atoms with van der Waals surface area (Å²) >= 11 is 1.65. The number of nitrogens with one attached hydrogen (secondary N) is 1. The third-order valence-corrected chi connectivity index (χ3v) is 4.70. The SMILES string of the molecule is Cc1nc(C)c(CNc2nnc([C@@H]3COc4ccccc4O3)o2)s1. The van der Waals surface area contributed by atoms with E-state index in [1.54, 1.807) is 11.3 Å². The van der Waals surface area contributed by atoms with Crippen LogP contribution in [0, 0.1) is 13.8 Å². The third-order valence-electron chi connectivity index (χ3n) is 3.62. The molecule has 4 rings (SSSR count). The average Bonchev–Trinajstić information content (AvgIpc) is 3.18. The van der Waals surface area contributed by atoms with Crippen molar-refractivity contribution >= 4 is 17.4 Å². The maximum Gasteiger partial charge on any atom is 0.315 e. The van der Waals surface area contributed by atoms with Crippen LogP contribution in [0.15, 0.2) is 28.7 Å². The van der Waals surface area contributed by atoms with E-state index in [1.807, 2.05) is 38.1 Å². The molecule has 0 saturated carbocycles. The van der Waals surface area contributed by atoms with Gasteiger partial charge in [0.2, 0.25) is 6.10 Å². The minimum Gasteiger partial charge on any atom is -0.485 e. The minimum absolute atomic E-state index is 0.339. The molecule has 0 spiro atoms. The second kappa shape index (κ2) is 6.12. The van der Waals surface area contributed by atoms with Crippen LogP contribution in [-0.2, 0) is 6.54 Å². The van der Waals surface area contributed by atoms with Crippen molar-refractivity contribution in [2.75, 3.05) is 11.9 Å². The molecule has 0 fully saturated rings. The Bertz CT molecular complexity index is 861. The largest absolute Gasteiger partial charge is 0.485 e. The number of hydrogen-bond acceptors (Lipinski definition) is 8. The molecule has 2 aromatic heterocycles. The fourth-order valence-corrected chi connectivity index (χ4v) is 3.35. The molecular weight excluding hydrogens is 328 g/mol. The van der Waals surface area contributed by atoms with Crippen molar-refractivity contribution in [3.63, 3.8) is 0 Å². The van der Waals surface area contributed by atoms with Crippen molar-refractivity contribution in [3.8, 4) is 11.5 Å². The van der Waals surface area contributed by atoms with Gasteiger partial charge in [-0.05, 0) is 26.0 Å². The molecule has 0 aliphatic carbocycles. The van der Waals surface area contributed by atoms with Gasteiger partial charge in [-0.2, -0.15) is 0 Å². The van der Waals surface area contributed by atoms with E-state index >= 15 is 0 Å². The smallest absolute Gasteiger partial charge is 0.315 e. The highest BCUT2D eigenvalue weighted by Gasteiger charge is 2.27. The minimum atomic E-state index is -0.407. The summed E-state index contributed by atoms with van der Waals surface area (Å²) in [5, 5.41) is 12.2. The molecule has 3 heterocycles. The van der Waals surface area contributed by atoms with Crippen LogP contribution in [-0.4, -0.2) is 21.8 Å². The van der Waals surface area contributed by atoms with Gasteiger partial charge in [0.05, 0.1) is 17.2 Å². The number of aryl methyl sites for hydroxylation is 2. The molecule has 3 aromatic rings. The summed E-state index contributed by atoms with van der Waals surface area (Å²) in [4.78, 5) is 5.55. The zero-order valence-electron chi connectivity index (χ0n) is 13.3. The Morgan fingerprint density at radius 2 is 2.04 bits per heavy atom. The van der Waals surface area contributed by atoms with Gasteiger partial charge in [0.25, 0.3) is 5.89 Å². The van der Waals surface area contributed by atoms with Crippen LogP contribution in [0.25, 0.3) is 0 Å². The summed E-state index contributed by atoms with van der Waals surface area (Å²) in [6.07, 6.45) is -0.407. The fourth-order valence-electron chi connectivity index (χ4n) is 2.47. The number of hydrogen-bond donors (Lipinski definition) is 1. The van der Waals surface area contributed by atoms with Crippen molar-refractivity contribution in [3.05, 3.63) is 45.7 Å². The number of para-hydroxylation sites is 2. The van der Waals surface area contributed by atoms with E-state index in [9.17, 15) is 0 Å². The molecule has 1 aliphatic heterocycles. The number of aromatic nitrogens is 3. The normalized spacial score (nSPS) is 16.2. The second-order valence-electron chi connectivity index (χ2n) is 5.40. The van der Waals surface area contributed by atoms with Crippen LogP contribution in [0.2, 0.25) is 0 Å². The standard InChI is InChI=1S/C16H16N4O3S/c1-9-14(24-10(2)18-9)7-17-16-20-19-15(23-16)13-8-21-11-5-3-4-6-12(11)22-13/h3-6,13H,7-8H2,1-2H3,(H,17,20)/t13-/m0/s1. The monoisotopic (exact) mass is 344 g/mol. The second-order valence-corrected chi connectivity index (χ2v) is 6.69. The molecule has 8 heteroatoms. The van der Waals surface area contributed by atoms with E-state index in [-0.39, 0.29) is 0 Å². The highest BCUT2D eigenvalue weighted by atomic mass is 32.1. The first-order chi connectivity index (χ1) is 11.7. The summed E-state index contributed by atoms with van der Waals surface area (Å²) in [7, 11) is 0. The van der Waals surface area contributed by atoms with Gasteiger partial charge in [-0.1, -0.05) is 17.2 Å². The first-order valence-electron chi connectivity index (χ1n) is 7.57. The molecule has 24 heavy (non-hydrogen) atoms. The van der Waals surface area contributed by atoms with Gasteiger partial charge < -0.3 is 19.2 Å². The lowest BCUT2D eigenvalue weighted by atomic mass is 10.2. The maximum atomic E-state index is 5.86. The molecule has 7 nitrogen and oxygen atoms in total. The van der Waals surface area contributed by atoms with Crippen molar-refractivity contribution in [2.45, 2.75) is 26.5 Å². The number of ether oxygens (including phenoxy) is 2. The van der Waals surface area contributed by atoms with Gasteiger partial charge in [-0.15, -0.1) is 16.4 Å². The molecule has 0 saturated heterocycles. The van der Waals surface area contributed by atoms with Gasteiger partial charge in [0, 0.05) is 4.88 Å². The maximum absolute atomic E-state index is 5.86. The molecule has 0 bridgehead atoms. The molecule has 1 N–H and O–H groups in total. The van der Waals surface area contributed by atoms with Crippen molar-refractivity contribution in [2.24, 2.45) is 0 Å². The number of anilines is 1. The summed E-state index contributed by atoms with van der Waals surface area (Å²) in [5.74, 6) is 1.80. The molecule has 1 aliphatic rings. The fraction of sp³-hybridized carbons (Fsp3) is 0.312. The Balaban J connectivity index is 1.43. The van der Waals surface area contributed by atoms with E-state index < -0.39 is 6.10 Å². The number of fused-ring (bicyclic) bond motifs is 1. The lowest BCUT2D eigenvalue weighted by molar-refractivity contribution is 0.0717. The summed E-state index contributed by atoms with van der Waals surface area (Å²) < 4.78 is 17.2. The van der Waals surface area contributed by atoms with E-state index in [1.165, 1.54) is 0 Å².